The van der Waals surface area contributed by atoms with Crippen molar-refractivity contribution >= 4 is 17.3 Å². The van der Waals surface area contributed by atoms with Crippen LogP contribution in [0.5, 0.6) is 0 Å². The Morgan fingerprint density at radius 3 is 2.57 bits per heavy atom. The molecule has 0 radical (unpaired) electrons. The molecule has 0 spiro atoms. The lowest BCUT2D eigenvalue weighted by molar-refractivity contribution is -0.384. The molecule has 0 aliphatic carbocycles. The lowest BCUT2D eigenvalue weighted by atomic mass is 10.1. The Labute approximate surface area is 124 Å². The number of nitro benzene ring substituents is 1. The van der Waals surface area contributed by atoms with Crippen LogP contribution in [0.1, 0.15) is 31.1 Å². The van der Waals surface area contributed by atoms with Crippen LogP contribution in [0, 0.1) is 10.1 Å². The van der Waals surface area contributed by atoms with E-state index in [0.717, 1.165) is 13.1 Å². The van der Waals surface area contributed by atoms with E-state index in [2.05, 4.69) is 24.1 Å². The number of nitro groups is 1. The van der Waals surface area contributed by atoms with Gasteiger partial charge in [-0.25, -0.2) is 0 Å². The smallest absolute Gasteiger partial charge is 0.270 e. The normalized spacial score (nSPS) is 12.2. The maximum absolute atomic E-state index is 12.2. The predicted octanol–water partition coefficient (Wildman–Crippen LogP) is 1.64. The van der Waals surface area contributed by atoms with Gasteiger partial charge in [0.25, 0.3) is 11.6 Å². The van der Waals surface area contributed by atoms with E-state index >= 15 is 0 Å². The van der Waals surface area contributed by atoms with Crippen molar-refractivity contribution in [3.8, 4) is 0 Å². The standard InChI is InChI=1S/C14H22N4O3/c1-4-17(5-2)9-10(3)16-14(19)12-8-11(18(20)21)6-7-13(12)15/h6-8,10H,4-5,9,15H2,1-3H3,(H,16,19). The van der Waals surface area contributed by atoms with Crippen LogP contribution in [0.25, 0.3) is 0 Å². The largest absolute Gasteiger partial charge is 0.398 e. The maximum atomic E-state index is 12.2. The van der Waals surface area contributed by atoms with Gasteiger partial charge in [0, 0.05) is 30.4 Å². The third-order valence-electron chi connectivity index (χ3n) is 3.30. The summed E-state index contributed by atoms with van der Waals surface area (Å²) in [7, 11) is 0. The second-order valence-corrected chi connectivity index (χ2v) is 4.89. The van der Waals surface area contributed by atoms with Crippen molar-refractivity contribution in [2.75, 3.05) is 25.4 Å². The van der Waals surface area contributed by atoms with Crippen molar-refractivity contribution in [3.05, 3.63) is 33.9 Å². The molecular formula is C14H22N4O3. The number of rotatable bonds is 7. The number of nitrogens with zero attached hydrogens (tertiary/aromatic N) is 2. The highest BCUT2D eigenvalue weighted by Crippen LogP contribution is 2.19. The molecule has 1 aromatic rings. The third-order valence-corrected chi connectivity index (χ3v) is 3.30. The Morgan fingerprint density at radius 1 is 1.43 bits per heavy atom. The van der Waals surface area contributed by atoms with E-state index in [4.69, 9.17) is 5.73 Å². The zero-order valence-corrected chi connectivity index (χ0v) is 12.6. The summed E-state index contributed by atoms with van der Waals surface area (Å²) in [4.78, 5) is 24.6. The Bertz CT molecular complexity index is 515. The molecule has 21 heavy (non-hydrogen) atoms. The highest BCUT2D eigenvalue weighted by Gasteiger charge is 2.17. The molecule has 116 valence electrons. The van der Waals surface area contributed by atoms with Gasteiger partial charge in [-0.15, -0.1) is 0 Å². The Kier molecular flexibility index (Phi) is 6.10. The Balaban J connectivity index is 2.79. The molecule has 0 aliphatic heterocycles. The molecule has 1 atom stereocenters. The van der Waals surface area contributed by atoms with Crippen molar-refractivity contribution in [2.45, 2.75) is 26.8 Å². The van der Waals surface area contributed by atoms with Crippen LogP contribution in [0.15, 0.2) is 18.2 Å². The highest BCUT2D eigenvalue weighted by atomic mass is 16.6. The molecule has 0 fully saturated rings. The molecule has 0 bridgehead atoms. The molecule has 0 heterocycles. The number of nitrogens with two attached hydrogens (primary N) is 1. The van der Waals surface area contributed by atoms with Crippen LogP contribution in [0.4, 0.5) is 11.4 Å². The first kappa shape index (κ1) is 16.9. The maximum Gasteiger partial charge on any atom is 0.270 e. The number of anilines is 1. The number of non-ortho nitro benzene ring substituents is 1. The molecule has 1 aromatic carbocycles. The zero-order chi connectivity index (χ0) is 16.0. The number of carbonyl (C=O) groups excluding carboxylic acids is 1. The van der Waals surface area contributed by atoms with Crippen LogP contribution in [0.2, 0.25) is 0 Å². The first-order valence-electron chi connectivity index (χ1n) is 6.96. The average molecular weight is 294 g/mol. The summed E-state index contributed by atoms with van der Waals surface area (Å²) >= 11 is 0. The SMILES string of the molecule is CCN(CC)CC(C)NC(=O)c1cc([N+](=O)[O-])ccc1N. The topological polar surface area (TPSA) is 102 Å². The van der Waals surface area contributed by atoms with E-state index < -0.39 is 10.8 Å². The zero-order valence-electron chi connectivity index (χ0n) is 12.6. The summed E-state index contributed by atoms with van der Waals surface area (Å²) in [5, 5.41) is 13.6. The molecule has 0 saturated carbocycles. The monoisotopic (exact) mass is 294 g/mol. The third kappa shape index (κ3) is 4.71. The Morgan fingerprint density at radius 2 is 2.05 bits per heavy atom. The molecule has 1 rings (SSSR count). The van der Waals surface area contributed by atoms with Crippen LogP contribution in [-0.2, 0) is 0 Å². The number of benzene rings is 1. The minimum atomic E-state index is -0.546. The van der Waals surface area contributed by atoms with Crippen molar-refractivity contribution in [1.82, 2.24) is 10.2 Å². The van der Waals surface area contributed by atoms with Gasteiger partial charge in [-0.1, -0.05) is 13.8 Å². The number of hydrogen-bond acceptors (Lipinski definition) is 5. The van der Waals surface area contributed by atoms with Gasteiger partial charge in [0.15, 0.2) is 0 Å². The molecule has 0 saturated heterocycles. The summed E-state index contributed by atoms with van der Waals surface area (Å²) in [5.41, 5.74) is 5.94. The van der Waals surface area contributed by atoms with Gasteiger partial charge in [-0.05, 0) is 26.1 Å². The number of nitrogen functional groups attached to an aromatic ring is 1. The van der Waals surface area contributed by atoms with E-state index in [9.17, 15) is 14.9 Å². The summed E-state index contributed by atoms with van der Waals surface area (Å²) in [5.74, 6) is -0.393. The van der Waals surface area contributed by atoms with Crippen LogP contribution >= 0.6 is 0 Å². The number of carbonyl (C=O) groups is 1. The average Bonchev–Trinajstić information content (AvgIpc) is 2.44. The lowest BCUT2D eigenvalue weighted by Gasteiger charge is -2.23. The molecule has 7 heteroatoms. The second-order valence-electron chi connectivity index (χ2n) is 4.89. The van der Waals surface area contributed by atoms with Crippen molar-refractivity contribution in [1.29, 1.82) is 0 Å². The van der Waals surface area contributed by atoms with Gasteiger partial charge in [0.05, 0.1) is 10.5 Å². The molecule has 0 aromatic heterocycles. The number of nitrogens with one attached hydrogen (secondary N) is 1. The molecule has 7 nitrogen and oxygen atoms in total. The van der Waals surface area contributed by atoms with Crippen LogP contribution < -0.4 is 11.1 Å². The van der Waals surface area contributed by atoms with E-state index in [-0.39, 0.29) is 23.0 Å². The fourth-order valence-corrected chi connectivity index (χ4v) is 2.07. The summed E-state index contributed by atoms with van der Waals surface area (Å²) in [6.07, 6.45) is 0. The minimum absolute atomic E-state index is 0.0731. The number of likely N-dealkylation sites (N-methyl/N-ethyl adjacent to an activating group) is 1. The first-order chi connectivity index (χ1) is 9.88. The highest BCUT2D eigenvalue weighted by molar-refractivity contribution is 5.99. The Hall–Kier alpha value is -2.15. The summed E-state index contributed by atoms with van der Waals surface area (Å²) < 4.78 is 0. The predicted molar refractivity (Wildman–Crippen MR) is 82.2 cm³/mol. The van der Waals surface area contributed by atoms with Gasteiger partial charge >= 0.3 is 0 Å². The number of hydrogen-bond donors (Lipinski definition) is 2. The van der Waals surface area contributed by atoms with Gasteiger partial charge in [-0.3, -0.25) is 14.9 Å². The fourth-order valence-electron chi connectivity index (χ4n) is 2.07. The van der Waals surface area contributed by atoms with Crippen molar-refractivity contribution in [3.63, 3.8) is 0 Å². The molecule has 3 N–H and O–H groups in total. The van der Waals surface area contributed by atoms with Crippen LogP contribution in [0.3, 0.4) is 0 Å². The molecule has 0 aliphatic rings. The van der Waals surface area contributed by atoms with E-state index in [1.165, 1.54) is 18.2 Å². The molecular weight excluding hydrogens is 272 g/mol. The van der Waals surface area contributed by atoms with Gasteiger partial charge < -0.3 is 16.0 Å². The van der Waals surface area contributed by atoms with Gasteiger partial charge in [0.1, 0.15) is 0 Å². The van der Waals surface area contributed by atoms with E-state index in [1.54, 1.807) is 0 Å². The lowest BCUT2D eigenvalue weighted by Crippen LogP contribution is -2.42. The first-order valence-corrected chi connectivity index (χ1v) is 6.96. The summed E-state index contributed by atoms with van der Waals surface area (Å²) in [6.45, 7) is 8.51. The van der Waals surface area contributed by atoms with E-state index in [0.29, 0.717) is 6.54 Å². The molecule has 1 unspecified atom stereocenters. The summed E-state index contributed by atoms with van der Waals surface area (Å²) in [6, 6.07) is 3.79. The number of amides is 1. The van der Waals surface area contributed by atoms with E-state index in [1.807, 2.05) is 6.92 Å². The second kappa shape index (κ2) is 7.58. The molecule has 1 amide bonds. The van der Waals surface area contributed by atoms with Gasteiger partial charge in [-0.2, -0.15) is 0 Å². The van der Waals surface area contributed by atoms with Crippen molar-refractivity contribution < 1.29 is 9.72 Å². The van der Waals surface area contributed by atoms with Crippen LogP contribution in [-0.4, -0.2) is 41.4 Å². The van der Waals surface area contributed by atoms with Crippen molar-refractivity contribution in [2.24, 2.45) is 0 Å². The minimum Gasteiger partial charge on any atom is -0.398 e. The van der Waals surface area contributed by atoms with Gasteiger partial charge in [0.2, 0.25) is 0 Å². The fraction of sp³-hybridized carbons (Fsp3) is 0.500. The quantitative estimate of drug-likeness (QED) is 0.452.